The fourth-order valence-corrected chi connectivity index (χ4v) is 3.51. The summed E-state index contributed by atoms with van der Waals surface area (Å²) in [4.78, 5) is 12.5. The molecule has 0 aliphatic heterocycles. The Morgan fingerprint density at radius 2 is 2.10 bits per heavy atom. The van der Waals surface area contributed by atoms with Crippen LogP contribution < -0.4 is 11.2 Å². The molecule has 3 aromatic rings. The first kappa shape index (κ1) is 13.5. The summed E-state index contributed by atoms with van der Waals surface area (Å²) in [6.07, 6.45) is 1.28. The molecular weight excluding hydrogens is 414 g/mol. The largest absolute Gasteiger partial charge is 0.505 e. The van der Waals surface area contributed by atoms with Crippen molar-refractivity contribution in [3.8, 4) is 16.3 Å². The van der Waals surface area contributed by atoms with Crippen LogP contribution in [0.25, 0.3) is 21.5 Å². The van der Waals surface area contributed by atoms with Crippen molar-refractivity contribution in [2.45, 2.75) is 0 Å². The normalized spacial score (nSPS) is 11.1. The number of hydrogen-bond acceptors (Lipinski definition) is 7. The van der Waals surface area contributed by atoms with Crippen LogP contribution in [0.15, 0.2) is 30.5 Å². The number of anilines is 1. The Morgan fingerprint density at radius 3 is 2.75 bits per heavy atom. The molecule has 9 heteroatoms. The van der Waals surface area contributed by atoms with Crippen molar-refractivity contribution in [3.05, 3.63) is 31.5 Å². The number of nitrogen functional groups attached to an aromatic ring is 1. The molecule has 0 aliphatic rings. The lowest BCUT2D eigenvalue weighted by molar-refractivity contribution is 0.467. The number of halogens is 2. The van der Waals surface area contributed by atoms with E-state index in [1.54, 1.807) is 0 Å². The van der Waals surface area contributed by atoms with Crippen molar-refractivity contribution in [1.29, 1.82) is 0 Å². The Labute approximate surface area is 132 Å². The average Bonchev–Trinajstić information content (AvgIpc) is 2.84. The molecule has 0 saturated carbocycles. The molecule has 0 atom stereocenters. The van der Waals surface area contributed by atoms with Crippen LogP contribution in [0.4, 0.5) is 5.13 Å². The molecule has 0 fully saturated rings. The lowest BCUT2D eigenvalue weighted by Crippen LogP contribution is -2.05. The van der Waals surface area contributed by atoms with Crippen LogP contribution in [-0.4, -0.2) is 15.3 Å². The molecule has 0 spiro atoms. The summed E-state index contributed by atoms with van der Waals surface area (Å²) in [7, 11) is 0. The van der Waals surface area contributed by atoms with Crippen molar-refractivity contribution in [3.63, 3.8) is 0 Å². The SMILES string of the molecule is Nc1nnc(-c2coc3c(Br)c(O)c(Br)cc3c2=O)s1. The Kier molecular flexibility index (Phi) is 3.27. The lowest BCUT2D eigenvalue weighted by atomic mass is 10.2. The van der Waals surface area contributed by atoms with Crippen molar-refractivity contribution in [2.75, 3.05) is 5.73 Å². The van der Waals surface area contributed by atoms with Crippen LogP contribution in [0.2, 0.25) is 0 Å². The number of nitrogens with zero attached hydrogens (tertiary/aromatic N) is 2. The summed E-state index contributed by atoms with van der Waals surface area (Å²) in [5, 5.41) is 18.3. The molecule has 0 unspecified atom stereocenters. The summed E-state index contributed by atoms with van der Waals surface area (Å²) in [6, 6.07) is 1.50. The Hall–Kier alpha value is -1.45. The summed E-state index contributed by atoms with van der Waals surface area (Å²) in [6.45, 7) is 0. The fraction of sp³-hybridized carbons (Fsp3) is 0. The number of rotatable bonds is 1. The number of fused-ring (bicyclic) bond motifs is 1. The van der Waals surface area contributed by atoms with E-state index in [2.05, 4.69) is 42.1 Å². The standard InChI is InChI=1S/C11H5Br2N3O3S/c12-5-1-3-7(17)4(10-15-16-11(14)20-10)2-19-9(3)6(13)8(5)18/h1-2,18H,(H2,14,16). The van der Waals surface area contributed by atoms with Gasteiger partial charge < -0.3 is 15.3 Å². The van der Waals surface area contributed by atoms with E-state index in [9.17, 15) is 9.90 Å². The zero-order chi connectivity index (χ0) is 14.4. The number of phenols is 1. The first-order valence-electron chi connectivity index (χ1n) is 5.21. The van der Waals surface area contributed by atoms with Crippen LogP contribution in [-0.2, 0) is 0 Å². The first-order valence-corrected chi connectivity index (χ1v) is 7.61. The van der Waals surface area contributed by atoms with E-state index in [4.69, 9.17) is 10.2 Å². The van der Waals surface area contributed by atoms with Gasteiger partial charge in [0.1, 0.15) is 16.5 Å². The van der Waals surface area contributed by atoms with Crippen molar-refractivity contribution < 1.29 is 9.52 Å². The fourth-order valence-electron chi connectivity index (χ4n) is 1.68. The highest BCUT2D eigenvalue weighted by atomic mass is 79.9. The molecule has 2 aromatic heterocycles. The molecule has 0 amide bonds. The van der Waals surface area contributed by atoms with Crippen LogP contribution >= 0.6 is 43.2 Å². The maximum atomic E-state index is 12.5. The summed E-state index contributed by atoms with van der Waals surface area (Å²) in [5.74, 6) is -0.0337. The molecule has 102 valence electrons. The van der Waals surface area contributed by atoms with Crippen LogP contribution in [0.5, 0.6) is 5.75 Å². The zero-order valence-electron chi connectivity index (χ0n) is 9.55. The molecule has 1 aromatic carbocycles. The minimum Gasteiger partial charge on any atom is -0.505 e. The second kappa shape index (κ2) is 4.83. The predicted octanol–water partition coefficient (Wildman–Crippen LogP) is 3.12. The third-order valence-electron chi connectivity index (χ3n) is 2.60. The van der Waals surface area contributed by atoms with E-state index in [-0.39, 0.29) is 27.5 Å². The smallest absolute Gasteiger partial charge is 0.203 e. The van der Waals surface area contributed by atoms with E-state index in [0.29, 0.717) is 19.3 Å². The molecular formula is C11H5Br2N3O3S. The van der Waals surface area contributed by atoms with Gasteiger partial charge in [0.05, 0.1) is 15.4 Å². The van der Waals surface area contributed by atoms with Gasteiger partial charge in [0.2, 0.25) is 10.6 Å². The number of aromatic nitrogens is 2. The quantitative estimate of drug-likeness (QED) is 0.629. The van der Waals surface area contributed by atoms with E-state index >= 15 is 0 Å². The number of benzene rings is 1. The Balaban J connectivity index is 2.37. The van der Waals surface area contributed by atoms with Gasteiger partial charge in [-0.1, -0.05) is 11.3 Å². The maximum Gasteiger partial charge on any atom is 0.203 e. The van der Waals surface area contributed by atoms with E-state index in [0.717, 1.165) is 11.3 Å². The van der Waals surface area contributed by atoms with E-state index in [1.807, 2.05) is 0 Å². The summed E-state index contributed by atoms with van der Waals surface area (Å²) in [5.41, 5.74) is 5.77. The van der Waals surface area contributed by atoms with Gasteiger partial charge in [-0.3, -0.25) is 4.79 Å². The molecule has 3 rings (SSSR count). The molecule has 0 radical (unpaired) electrons. The van der Waals surface area contributed by atoms with Gasteiger partial charge in [0.25, 0.3) is 0 Å². The maximum absolute atomic E-state index is 12.5. The predicted molar refractivity (Wildman–Crippen MR) is 82.9 cm³/mol. The number of phenolic OH excluding ortho intramolecular Hbond substituents is 1. The highest BCUT2D eigenvalue weighted by molar-refractivity contribution is 9.11. The average molecular weight is 419 g/mol. The molecule has 0 aliphatic carbocycles. The number of aromatic hydroxyl groups is 1. The monoisotopic (exact) mass is 417 g/mol. The third-order valence-corrected chi connectivity index (χ3v) is 4.73. The molecule has 0 saturated heterocycles. The van der Waals surface area contributed by atoms with E-state index in [1.165, 1.54) is 12.3 Å². The molecule has 0 bridgehead atoms. The highest BCUT2D eigenvalue weighted by Crippen LogP contribution is 2.38. The van der Waals surface area contributed by atoms with Gasteiger partial charge in [-0.2, -0.15) is 0 Å². The lowest BCUT2D eigenvalue weighted by Gasteiger charge is -2.05. The van der Waals surface area contributed by atoms with Gasteiger partial charge >= 0.3 is 0 Å². The second-order valence-electron chi connectivity index (χ2n) is 3.82. The van der Waals surface area contributed by atoms with Gasteiger partial charge in [-0.15, -0.1) is 10.2 Å². The first-order chi connectivity index (χ1) is 9.49. The van der Waals surface area contributed by atoms with Gasteiger partial charge in [-0.25, -0.2) is 0 Å². The van der Waals surface area contributed by atoms with Crippen LogP contribution in [0.3, 0.4) is 0 Å². The van der Waals surface area contributed by atoms with Gasteiger partial charge in [-0.05, 0) is 37.9 Å². The van der Waals surface area contributed by atoms with Gasteiger partial charge in [0.15, 0.2) is 10.6 Å². The minimum absolute atomic E-state index is 0.0337. The van der Waals surface area contributed by atoms with Crippen molar-refractivity contribution >= 4 is 59.3 Å². The highest BCUT2D eigenvalue weighted by Gasteiger charge is 2.18. The Morgan fingerprint density at radius 1 is 1.35 bits per heavy atom. The zero-order valence-corrected chi connectivity index (χ0v) is 13.5. The van der Waals surface area contributed by atoms with Crippen molar-refractivity contribution in [1.82, 2.24) is 10.2 Å². The molecule has 20 heavy (non-hydrogen) atoms. The Bertz CT molecular complexity index is 890. The molecule has 6 nitrogen and oxygen atoms in total. The molecule has 2 heterocycles. The summed E-state index contributed by atoms with van der Waals surface area (Å²) < 4.78 is 6.12. The number of hydrogen-bond donors (Lipinski definition) is 2. The van der Waals surface area contributed by atoms with Crippen LogP contribution in [0, 0.1) is 0 Å². The second-order valence-corrected chi connectivity index (χ2v) is 6.48. The number of nitrogens with two attached hydrogens (primary N) is 1. The minimum atomic E-state index is -0.274. The molecule has 3 N–H and O–H groups in total. The topological polar surface area (TPSA) is 102 Å². The van der Waals surface area contributed by atoms with Crippen LogP contribution in [0.1, 0.15) is 0 Å². The van der Waals surface area contributed by atoms with Crippen molar-refractivity contribution in [2.24, 2.45) is 0 Å². The van der Waals surface area contributed by atoms with E-state index < -0.39 is 0 Å². The van der Waals surface area contributed by atoms with Gasteiger partial charge in [0, 0.05) is 0 Å². The summed E-state index contributed by atoms with van der Waals surface area (Å²) >= 11 is 7.47. The third kappa shape index (κ3) is 2.02.